The van der Waals surface area contributed by atoms with Crippen LogP contribution in [0.25, 0.3) is 10.8 Å². The zero-order valence-electron chi connectivity index (χ0n) is 20.1. The number of hydrogen-bond acceptors (Lipinski definition) is 6. The van der Waals surface area contributed by atoms with Crippen molar-refractivity contribution in [1.29, 1.82) is 0 Å². The Balaban J connectivity index is 1.60. The van der Waals surface area contributed by atoms with Crippen LogP contribution in [0, 0.1) is 0 Å². The van der Waals surface area contributed by atoms with Crippen LogP contribution < -0.4 is 19.3 Å². The standard InChI is InChI=1S/C28H31NO6/c1-4-15-34-21-11-9-19(10-12-21)22-13-14-29(28(30)31)17-26(22)35-18-20-16-25(32-2)23-7-5-6-8-24(23)27(20)33-3/h4-12,16,22,26H,1,13-15,17-18H2,2-3H3,(H,30,31)/p-1. The molecule has 1 heterocycles. The second-order valence-corrected chi connectivity index (χ2v) is 8.44. The van der Waals surface area contributed by atoms with Crippen molar-refractivity contribution in [1.82, 2.24) is 4.90 Å². The highest BCUT2D eigenvalue weighted by molar-refractivity contribution is 5.94. The number of carboxylic acid groups (broad SMARTS) is 1. The Labute approximate surface area is 205 Å². The summed E-state index contributed by atoms with van der Waals surface area (Å²) in [6.07, 6.45) is 0.784. The molecule has 35 heavy (non-hydrogen) atoms. The maximum atomic E-state index is 11.6. The largest absolute Gasteiger partial charge is 0.530 e. The number of carbonyl (C=O) groups is 1. The van der Waals surface area contributed by atoms with Gasteiger partial charge in [0.15, 0.2) is 0 Å². The van der Waals surface area contributed by atoms with E-state index in [4.69, 9.17) is 18.9 Å². The van der Waals surface area contributed by atoms with E-state index >= 15 is 0 Å². The molecule has 2 atom stereocenters. The smallest absolute Gasteiger partial charge is 0.137 e. The number of fused-ring (bicyclic) bond motifs is 1. The first kappa shape index (κ1) is 24.4. The number of piperidine rings is 1. The molecule has 0 aromatic heterocycles. The highest BCUT2D eigenvalue weighted by atomic mass is 16.5. The highest BCUT2D eigenvalue weighted by Crippen LogP contribution is 2.38. The average molecular weight is 477 g/mol. The Kier molecular flexibility index (Phi) is 7.77. The van der Waals surface area contributed by atoms with Crippen molar-refractivity contribution < 1.29 is 28.8 Å². The molecule has 1 aliphatic heterocycles. The molecule has 3 aromatic carbocycles. The number of hydrogen-bond donors (Lipinski definition) is 0. The van der Waals surface area contributed by atoms with E-state index in [0.717, 1.165) is 33.4 Å². The van der Waals surface area contributed by atoms with Gasteiger partial charge < -0.3 is 33.7 Å². The van der Waals surface area contributed by atoms with E-state index in [1.54, 1.807) is 20.3 Å². The first-order valence-electron chi connectivity index (χ1n) is 11.6. The predicted molar refractivity (Wildman–Crippen MR) is 132 cm³/mol. The van der Waals surface area contributed by atoms with Crippen molar-refractivity contribution in [3.8, 4) is 17.2 Å². The van der Waals surface area contributed by atoms with Crippen LogP contribution in [0.15, 0.2) is 67.3 Å². The summed E-state index contributed by atoms with van der Waals surface area (Å²) in [7, 11) is 3.27. The lowest BCUT2D eigenvalue weighted by Gasteiger charge is -2.40. The summed E-state index contributed by atoms with van der Waals surface area (Å²) in [6, 6.07) is 17.6. The van der Waals surface area contributed by atoms with E-state index in [9.17, 15) is 9.90 Å². The normalized spacial score (nSPS) is 17.7. The van der Waals surface area contributed by atoms with E-state index in [-0.39, 0.29) is 25.2 Å². The SMILES string of the molecule is C=CCOc1ccc(C2CCN(C(=O)[O-])CC2OCc2cc(OC)c3ccccc3c2OC)cc1. The van der Waals surface area contributed by atoms with Gasteiger partial charge in [-0.05, 0) is 30.2 Å². The molecule has 4 rings (SSSR count). The van der Waals surface area contributed by atoms with E-state index < -0.39 is 6.09 Å². The summed E-state index contributed by atoms with van der Waals surface area (Å²) in [5.41, 5.74) is 1.91. The zero-order valence-corrected chi connectivity index (χ0v) is 20.1. The topological polar surface area (TPSA) is 80.3 Å². The fraction of sp³-hybridized carbons (Fsp3) is 0.321. The number of rotatable bonds is 9. The maximum Gasteiger partial charge on any atom is 0.137 e. The highest BCUT2D eigenvalue weighted by Gasteiger charge is 2.32. The third kappa shape index (κ3) is 5.35. The number of benzene rings is 3. The van der Waals surface area contributed by atoms with Gasteiger partial charge in [-0.2, -0.15) is 0 Å². The van der Waals surface area contributed by atoms with Crippen molar-refractivity contribution in [3.63, 3.8) is 0 Å². The van der Waals surface area contributed by atoms with Gasteiger partial charge in [0.25, 0.3) is 0 Å². The van der Waals surface area contributed by atoms with Crippen molar-refractivity contribution in [2.24, 2.45) is 0 Å². The minimum absolute atomic E-state index is 0.0207. The molecular formula is C28H30NO6-. The van der Waals surface area contributed by atoms with Gasteiger partial charge in [0.2, 0.25) is 0 Å². The summed E-state index contributed by atoms with van der Waals surface area (Å²) in [5, 5.41) is 13.5. The molecule has 3 aromatic rings. The van der Waals surface area contributed by atoms with Crippen LogP contribution in [0.1, 0.15) is 23.5 Å². The molecule has 184 valence electrons. The minimum atomic E-state index is -1.19. The van der Waals surface area contributed by atoms with E-state index in [2.05, 4.69) is 6.58 Å². The van der Waals surface area contributed by atoms with Crippen LogP contribution in [0.2, 0.25) is 0 Å². The minimum Gasteiger partial charge on any atom is -0.530 e. The second kappa shape index (κ2) is 11.1. The molecule has 0 aliphatic carbocycles. The van der Waals surface area contributed by atoms with Gasteiger partial charge in [-0.25, -0.2) is 0 Å². The fourth-order valence-corrected chi connectivity index (χ4v) is 4.68. The number of methoxy groups -OCH3 is 2. The van der Waals surface area contributed by atoms with Gasteiger partial charge in [-0.15, -0.1) is 0 Å². The van der Waals surface area contributed by atoms with Gasteiger partial charge in [0.1, 0.15) is 29.9 Å². The molecule has 0 spiro atoms. The van der Waals surface area contributed by atoms with E-state index in [1.807, 2.05) is 54.6 Å². The van der Waals surface area contributed by atoms with Crippen LogP contribution >= 0.6 is 0 Å². The zero-order chi connectivity index (χ0) is 24.8. The van der Waals surface area contributed by atoms with Crippen LogP contribution in [-0.4, -0.2) is 51.0 Å². The van der Waals surface area contributed by atoms with Gasteiger partial charge in [-0.3, -0.25) is 0 Å². The summed E-state index contributed by atoms with van der Waals surface area (Å²) in [4.78, 5) is 12.9. The third-order valence-corrected chi connectivity index (χ3v) is 6.40. The molecule has 2 unspecified atom stereocenters. The quantitative estimate of drug-likeness (QED) is 0.432. The Hall–Kier alpha value is -3.71. The summed E-state index contributed by atoms with van der Waals surface area (Å²) < 4.78 is 23.3. The van der Waals surface area contributed by atoms with Crippen LogP contribution in [0.4, 0.5) is 4.79 Å². The predicted octanol–water partition coefficient (Wildman–Crippen LogP) is 4.14. The molecule has 1 amide bonds. The molecule has 0 saturated carbocycles. The van der Waals surface area contributed by atoms with Gasteiger partial charge in [0.05, 0.1) is 26.9 Å². The molecule has 7 nitrogen and oxygen atoms in total. The summed E-state index contributed by atoms with van der Waals surface area (Å²) in [6.45, 7) is 4.98. The number of likely N-dealkylation sites (tertiary alicyclic amines) is 1. The molecule has 0 N–H and O–H groups in total. The van der Waals surface area contributed by atoms with Gasteiger partial charge >= 0.3 is 0 Å². The fourth-order valence-electron chi connectivity index (χ4n) is 4.68. The Morgan fingerprint density at radius 3 is 2.51 bits per heavy atom. The number of amides is 1. The number of carbonyl (C=O) groups excluding carboxylic acids is 1. The molecule has 1 fully saturated rings. The lowest BCUT2D eigenvalue weighted by Crippen LogP contribution is -2.51. The molecule has 0 bridgehead atoms. The average Bonchev–Trinajstić information content (AvgIpc) is 2.90. The van der Waals surface area contributed by atoms with Gasteiger partial charge in [0, 0.05) is 35.3 Å². The van der Waals surface area contributed by atoms with E-state index in [1.165, 1.54) is 4.90 Å². The van der Waals surface area contributed by atoms with Crippen LogP contribution in [0.5, 0.6) is 17.2 Å². The first-order chi connectivity index (χ1) is 17.0. The lowest BCUT2D eigenvalue weighted by atomic mass is 9.87. The monoisotopic (exact) mass is 476 g/mol. The van der Waals surface area contributed by atoms with Crippen molar-refractivity contribution in [3.05, 3.63) is 78.4 Å². The van der Waals surface area contributed by atoms with E-state index in [0.29, 0.717) is 25.3 Å². The molecule has 0 radical (unpaired) electrons. The molecule has 7 heteroatoms. The Morgan fingerprint density at radius 2 is 1.86 bits per heavy atom. The Morgan fingerprint density at radius 1 is 1.11 bits per heavy atom. The van der Waals surface area contributed by atoms with Crippen molar-refractivity contribution >= 4 is 16.9 Å². The molecule has 1 aliphatic rings. The Bertz CT molecular complexity index is 1180. The molecular weight excluding hydrogens is 446 g/mol. The van der Waals surface area contributed by atoms with Crippen LogP contribution in [0.3, 0.4) is 0 Å². The first-order valence-corrected chi connectivity index (χ1v) is 11.6. The third-order valence-electron chi connectivity index (χ3n) is 6.40. The number of ether oxygens (including phenoxy) is 4. The van der Waals surface area contributed by atoms with Crippen molar-refractivity contribution in [2.75, 3.05) is 33.9 Å². The second-order valence-electron chi connectivity index (χ2n) is 8.44. The summed E-state index contributed by atoms with van der Waals surface area (Å²) in [5.74, 6) is 2.22. The van der Waals surface area contributed by atoms with Crippen molar-refractivity contribution in [2.45, 2.75) is 25.0 Å². The number of nitrogens with zero attached hydrogens (tertiary/aromatic N) is 1. The maximum absolute atomic E-state index is 11.6. The molecule has 1 saturated heterocycles. The van der Waals surface area contributed by atoms with Gasteiger partial charge in [-0.1, -0.05) is 49.1 Å². The summed E-state index contributed by atoms with van der Waals surface area (Å²) >= 11 is 0. The lowest BCUT2D eigenvalue weighted by molar-refractivity contribution is -0.268. The van der Waals surface area contributed by atoms with Crippen LogP contribution in [-0.2, 0) is 11.3 Å².